The number of hydrogen-bond acceptors (Lipinski definition) is 2. The second kappa shape index (κ2) is 6.92. The zero-order valence-electron chi connectivity index (χ0n) is 12.2. The van der Waals surface area contributed by atoms with Crippen LogP contribution in [0.5, 0.6) is 0 Å². The molecular weight excluding hydrogens is 246 g/mol. The normalized spacial score (nSPS) is 21.6. The highest BCUT2D eigenvalue weighted by molar-refractivity contribution is 5.81. The van der Waals surface area contributed by atoms with Crippen molar-refractivity contribution < 1.29 is 4.84 Å². The third-order valence-corrected chi connectivity index (χ3v) is 4.68. The van der Waals surface area contributed by atoms with Gasteiger partial charge in [0.1, 0.15) is 12.3 Å². The van der Waals surface area contributed by atoms with Gasteiger partial charge >= 0.3 is 0 Å². The molecule has 107 valence electrons. The molecule has 2 nitrogen and oxygen atoms in total. The Bertz CT molecular complexity index is 442. The Balaban J connectivity index is 1.66. The van der Waals surface area contributed by atoms with Gasteiger partial charge in [0, 0.05) is 5.56 Å². The summed E-state index contributed by atoms with van der Waals surface area (Å²) in [5.41, 5.74) is 2.53. The molecule has 3 rings (SSSR count). The van der Waals surface area contributed by atoms with Crippen LogP contribution in [0.4, 0.5) is 0 Å². The second-order valence-electron chi connectivity index (χ2n) is 6.14. The average Bonchev–Trinajstić information content (AvgIpc) is 3.02. The van der Waals surface area contributed by atoms with Crippen LogP contribution in [-0.4, -0.2) is 12.3 Å². The third kappa shape index (κ3) is 3.41. The fraction of sp³-hybridized carbons (Fsp3) is 0.611. The molecule has 0 bridgehead atoms. The molecule has 1 aromatic rings. The summed E-state index contributed by atoms with van der Waals surface area (Å²) < 4.78 is 0. The Labute approximate surface area is 122 Å². The van der Waals surface area contributed by atoms with Crippen molar-refractivity contribution in [2.24, 2.45) is 5.16 Å². The molecule has 0 unspecified atom stereocenters. The van der Waals surface area contributed by atoms with Gasteiger partial charge in [-0.25, -0.2) is 0 Å². The highest BCUT2D eigenvalue weighted by atomic mass is 16.6. The zero-order chi connectivity index (χ0) is 13.6. The lowest BCUT2D eigenvalue weighted by Gasteiger charge is -2.23. The predicted octanol–water partition coefficient (Wildman–Crippen LogP) is 4.90. The first-order valence-electron chi connectivity index (χ1n) is 8.14. The minimum atomic E-state index is 0.323. The minimum absolute atomic E-state index is 0.323. The van der Waals surface area contributed by atoms with E-state index in [2.05, 4.69) is 35.6 Å². The maximum Gasteiger partial charge on any atom is 0.140 e. The van der Waals surface area contributed by atoms with Crippen molar-refractivity contribution in [3.63, 3.8) is 0 Å². The highest BCUT2D eigenvalue weighted by Crippen LogP contribution is 2.33. The van der Waals surface area contributed by atoms with Crippen LogP contribution in [0.25, 0.3) is 0 Å². The van der Waals surface area contributed by atoms with Crippen molar-refractivity contribution >= 4 is 6.21 Å². The van der Waals surface area contributed by atoms with Gasteiger partial charge in [-0.3, -0.25) is 0 Å². The lowest BCUT2D eigenvalue weighted by Crippen LogP contribution is -2.07. The molecule has 2 fully saturated rings. The van der Waals surface area contributed by atoms with E-state index >= 15 is 0 Å². The van der Waals surface area contributed by atoms with Crippen LogP contribution in [0.3, 0.4) is 0 Å². The monoisotopic (exact) mass is 270 g/mol. The van der Waals surface area contributed by atoms with Crippen molar-refractivity contribution in [1.29, 1.82) is 0 Å². The van der Waals surface area contributed by atoms with E-state index in [1.165, 1.54) is 50.5 Å². The maximum absolute atomic E-state index is 5.56. The van der Waals surface area contributed by atoms with Gasteiger partial charge < -0.3 is 4.84 Å². The first kappa shape index (κ1) is 13.7. The van der Waals surface area contributed by atoms with Crippen LogP contribution in [0.1, 0.15) is 74.8 Å². The maximum atomic E-state index is 5.56. The van der Waals surface area contributed by atoms with Crippen molar-refractivity contribution in [3.8, 4) is 0 Å². The fourth-order valence-corrected chi connectivity index (χ4v) is 3.51. The Morgan fingerprint density at radius 1 is 0.900 bits per heavy atom. The molecule has 1 aromatic carbocycles. The summed E-state index contributed by atoms with van der Waals surface area (Å²) in [6.07, 6.45) is 15.0. The van der Waals surface area contributed by atoms with Crippen LogP contribution in [0.2, 0.25) is 0 Å². The molecule has 20 heavy (non-hydrogen) atoms. The Morgan fingerprint density at radius 3 is 2.40 bits per heavy atom. The lowest BCUT2D eigenvalue weighted by molar-refractivity contribution is 0.0657. The SMILES string of the molecule is [C](=N\OC1CCCC1)/c1ccccc1C1CCCCC1. The molecule has 2 aliphatic carbocycles. The molecule has 0 aliphatic heterocycles. The molecule has 0 heterocycles. The first-order chi connectivity index (χ1) is 9.93. The minimum Gasteiger partial charge on any atom is -0.392 e. The molecule has 1 radical (unpaired) electrons. The lowest BCUT2D eigenvalue weighted by atomic mass is 9.82. The number of nitrogens with zero attached hydrogens (tertiary/aromatic N) is 1. The molecule has 2 aliphatic rings. The van der Waals surface area contributed by atoms with E-state index in [9.17, 15) is 0 Å². The van der Waals surface area contributed by atoms with Crippen molar-refractivity contribution in [1.82, 2.24) is 0 Å². The second-order valence-corrected chi connectivity index (χ2v) is 6.14. The van der Waals surface area contributed by atoms with E-state index in [-0.39, 0.29) is 0 Å². The topological polar surface area (TPSA) is 21.6 Å². The van der Waals surface area contributed by atoms with Gasteiger partial charge in [0.15, 0.2) is 0 Å². The Hall–Kier alpha value is -1.31. The van der Waals surface area contributed by atoms with Crippen molar-refractivity contribution in [2.75, 3.05) is 0 Å². The number of hydrogen-bond donors (Lipinski definition) is 0. The van der Waals surface area contributed by atoms with Gasteiger partial charge in [-0.2, -0.15) is 0 Å². The molecule has 2 saturated carbocycles. The molecule has 0 aromatic heterocycles. The molecule has 2 heteroatoms. The molecule has 0 atom stereocenters. The summed E-state index contributed by atoms with van der Waals surface area (Å²) in [6.45, 7) is 0. The summed E-state index contributed by atoms with van der Waals surface area (Å²) in [5, 5.41) is 4.13. The number of benzene rings is 1. The summed E-state index contributed by atoms with van der Waals surface area (Å²) in [7, 11) is 0. The van der Waals surface area contributed by atoms with E-state index in [0.717, 1.165) is 18.4 Å². The van der Waals surface area contributed by atoms with Gasteiger partial charge in [0.05, 0.1) is 0 Å². The van der Waals surface area contributed by atoms with Crippen LogP contribution in [0, 0.1) is 0 Å². The van der Waals surface area contributed by atoms with Gasteiger partial charge in [0.25, 0.3) is 0 Å². The summed E-state index contributed by atoms with van der Waals surface area (Å²) in [5.74, 6) is 0.689. The Kier molecular flexibility index (Phi) is 4.73. The van der Waals surface area contributed by atoms with E-state index in [1.54, 1.807) is 0 Å². The predicted molar refractivity (Wildman–Crippen MR) is 82.1 cm³/mol. The molecular formula is C18H24NO. The van der Waals surface area contributed by atoms with E-state index < -0.39 is 0 Å². The van der Waals surface area contributed by atoms with Crippen LogP contribution in [0.15, 0.2) is 29.4 Å². The zero-order valence-corrected chi connectivity index (χ0v) is 12.2. The summed E-state index contributed by atoms with van der Waals surface area (Å²) in [6, 6.07) is 8.56. The third-order valence-electron chi connectivity index (χ3n) is 4.68. The van der Waals surface area contributed by atoms with Crippen molar-refractivity contribution in [2.45, 2.75) is 69.8 Å². The number of rotatable bonds is 4. The largest absolute Gasteiger partial charge is 0.392 e. The molecule has 0 amide bonds. The standard InChI is InChI=1S/C18H24NO/c1-2-8-15(9-3-1)18-13-7-4-10-16(18)14-19-20-17-11-5-6-12-17/h4,7,10,13,15,17H,1-3,5-6,8-9,11-12H2. The average molecular weight is 270 g/mol. The Morgan fingerprint density at radius 2 is 1.60 bits per heavy atom. The highest BCUT2D eigenvalue weighted by Gasteiger charge is 2.18. The molecule has 0 spiro atoms. The van der Waals surface area contributed by atoms with Crippen molar-refractivity contribution in [3.05, 3.63) is 35.4 Å². The quantitative estimate of drug-likeness (QED) is 0.563. The summed E-state index contributed by atoms with van der Waals surface area (Å²) in [4.78, 5) is 5.56. The van der Waals surface area contributed by atoms with Crippen LogP contribution >= 0.6 is 0 Å². The van der Waals surface area contributed by atoms with Gasteiger partial charge in [0.2, 0.25) is 0 Å². The molecule has 0 saturated heterocycles. The first-order valence-corrected chi connectivity index (χ1v) is 8.14. The van der Waals surface area contributed by atoms with Gasteiger partial charge in [-0.05, 0) is 50.0 Å². The fourth-order valence-electron chi connectivity index (χ4n) is 3.51. The van der Waals surface area contributed by atoms with E-state index in [4.69, 9.17) is 4.84 Å². The van der Waals surface area contributed by atoms with Crippen LogP contribution < -0.4 is 0 Å². The van der Waals surface area contributed by atoms with Crippen LogP contribution in [-0.2, 0) is 4.84 Å². The van der Waals surface area contributed by atoms with E-state index in [1.807, 2.05) is 0 Å². The smallest absolute Gasteiger partial charge is 0.140 e. The van der Waals surface area contributed by atoms with Gasteiger partial charge in [-0.15, -0.1) is 0 Å². The van der Waals surface area contributed by atoms with Gasteiger partial charge in [-0.1, -0.05) is 48.7 Å². The molecule has 0 N–H and O–H groups in total. The summed E-state index contributed by atoms with van der Waals surface area (Å²) >= 11 is 0. The van der Waals surface area contributed by atoms with E-state index in [0.29, 0.717) is 12.0 Å².